The normalized spacial score (nSPS) is 18.7. The Hall–Kier alpha value is -0.860. The van der Waals surface area contributed by atoms with Gasteiger partial charge in [0.05, 0.1) is 13.2 Å². The Morgan fingerprint density at radius 1 is 1.31 bits per heavy atom. The first-order valence-electron chi connectivity index (χ1n) is 6.16. The van der Waals surface area contributed by atoms with Crippen LogP contribution in [-0.4, -0.2) is 25.9 Å². The number of hydrogen-bond acceptors (Lipinski definition) is 2. The van der Waals surface area contributed by atoms with E-state index in [-0.39, 0.29) is 0 Å². The highest BCUT2D eigenvalue weighted by Gasteiger charge is 2.21. The Bertz CT molecular complexity index is 318. The van der Waals surface area contributed by atoms with Crippen LogP contribution in [0.5, 0.6) is 0 Å². The molecule has 0 aliphatic carbocycles. The van der Waals surface area contributed by atoms with Crippen LogP contribution in [0.2, 0.25) is 0 Å². The zero-order chi connectivity index (χ0) is 11.2. The molecule has 0 saturated carbocycles. The molecule has 2 rings (SSSR count). The molecule has 2 nitrogen and oxygen atoms in total. The second-order valence-electron chi connectivity index (χ2n) is 4.26. The Labute approximate surface area is 97.6 Å². The predicted octanol–water partition coefficient (Wildman–Crippen LogP) is 2.60. The molecular weight excluding hydrogens is 200 g/mol. The van der Waals surface area contributed by atoms with Crippen LogP contribution in [0.1, 0.15) is 24.5 Å². The van der Waals surface area contributed by atoms with Crippen molar-refractivity contribution in [3.63, 3.8) is 0 Å². The monoisotopic (exact) mass is 220 g/mol. The van der Waals surface area contributed by atoms with Crippen LogP contribution < -0.4 is 0 Å². The first-order chi connectivity index (χ1) is 7.90. The van der Waals surface area contributed by atoms with Crippen LogP contribution >= 0.6 is 0 Å². The van der Waals surface area contributed by atoms with Gasteiger partial charge in [-0.3, -0.25) is 0 Å². The first kappa shape index (κ1) is 11.6. The first-order valence-corrected chi connectivity index (χ1v) is 6.16. The molecule has 0 spiro atoms. The summed E-state index contributed by atoms with van der Waals surface area (Å²) in [6.45, 7) is 4.71. The molecule has 1 unspecified atom stereocenters. The van der Waals surface area contributed by atoms with Crippen molar-refractivity contribution in [3.05, 3.63) is 35.4 Å². The Kier molecular flexibility index (Phi) is 4.37. The summed E-state index contributed by atoms with van der Waals surface area (Å²) in [5, 5.41) is 0. The Morgan fingerprint density at radius 2 is 2.06 bits per heavy atom. The number of benzene rings is 1. The van der Waals surface area contributed by atoms with Gasteiger partial charge >= 0.3 is 0 Å². The van der Waals surface area contributed by atoms with Gasteiger partial charge in [-0.2, -0.15) is 0 Å². The van der Waals surface area contributed by atoms with E-state index < -0.39 is 0 Å². The third-order valence-corrected chi connectivity index (χ3v) is 2.94. The molecule has 1 aliphatic heterocycles. The number of hydrogen-bond donors (Lipinski definition) is 0. The summed E-state index contributed by atoms with van der Waals surface area (Å²) in [7, 11) is 0. The van der Waals surface area contributed by atoms with Gasteiger partial charge in [-0.05, 0) is 30.4 Å². The Balaban J connectivity index is 1.67. The molecule has 1 aromatic carbocycles. The number of ether oxygens (including phenoxy) is 2. The molecule has 0 bridgehead atoms. The van der Waals surface area contributed by atoms with Gasteiger partial charge in [0.1, 0.15) is 6.10 Å². The molecule has 1 saturated heterocycles. The van der Waals surface area contributed by atoms with Crippen LogP contribution in [0, 0.1) is 0 Å². The zero-order valence-electron chi connectivity index (χ0n) is 9.95. The highest BCUT2D eigenvalue weighted by molar-refractivity contribution is 5.26. The van der Waals surface area contributed by atoms with Crippen molar-refractivity contribution in [1.82, 2.24) is 0 Å². The third kappa shape index (κ3) is 3.62. The predicted molar refractivity (Wildman–Crippen MR) is 64.7 cm³/mol. The van der Waals surface area contributed by atoms with E-state index >= 15 is 0 Å². The number of epoxide rings is 1. The minimum Gasteiger partial charge on any atom is -0.379 e. The van der Waals surface area contributed by atoms with Crippen LogP contribution in [0.3, 0.4) is 0 Å². The highest BCUT2D eigenvalue weighted by atomic mass is 16.6. The van der Waals surface area contributed by atoms with Crippen molar-refractivity contribution in [3.8, 4) is 0 Å². The highest BCUT2D eigenvalue weighted by Crippen LogP contribution is 2.12. The number of rotatable bonds is 7. The maximum Gasteiger partial charge on any atom is 0.104 e. The van der Waals surface area contributed by atoms with Crippen molar-refractivity contribution in [2.75, 3.05) is 19.8 Å². The van der Waals surface area contributed by atoms with Crippen LogP contribution in [-0.2, 0) is 22.3 Å². The van der Waals surface area contributed by atoms with E-state index in [1.807, 2.05) is 0 Å². The van der Waals surface area contributed by atoms with E-state index in [9.17, 15) is 0 Å². The fraction of sp³-hybridized carbons (Fsp3) is 0.571. The average Bonchev–Trinajstić information content (AvgIpc) is 3.13. The van der Waals surface area contributed by atoms with Crippen LogP contribution in [0.25, 0.3) is 0 Å². The molecular formula is C14H20O2. The van der Waals surface area contributed by atoms with Crippen molar-refractivity contribution in [2.24, 2.45) is 0 Å². The SMILES string of the molecule is CCc1ccccc1CCCOCC1CO1. The van der Waals surface area contributed by atoms with Gasteiger partial charge in [0.2, 0.25) is 0 Å². The summed E-state index contributed by atoms with van der Waals surface area (Å²) in [4.78, 5) is 0. The van der Waals surface area contributed by atoms with Gasteiger partial charge in [-0.15, -0.1) is 0 Å². The smallest absolute Gasteiger partial charge is 0.104 e. The van der Waals surface area contributed by atoms with Gasteiger partial charge < -0.3 is 9.47 Å². The standard InChI is InChI=1S/C14H20O2/c1-2-12-6-3-4-7-13(12)8-5-9-15-10-14-11-16-14/h3-4,6-7,14H,2,5,8-11H2,1H3. The lowest BCUT2D eigenvalue weighted by atomic mass is 10.0. The van der Waals surface area contributed by atoms with E-state index in [0.29, 0.717) is 6.10 Å². The molecule has 0 aromatic heterocycles. The van der Waals surface area contributed by atoms with Crippen molar-refractivity contribution < 1.29 is 9.47 Å². The van der Waals surface area contributed by atoms with E-state index in [4.69, 9.17) is 9.47 Å². The van der Waals surface area contributed by atoms with Gasteiger partial charge in [-0.25, -0.2) is 0 Å². The summed E-state index contributed by atoms with van der Waals surface area (Å²) < 4.78 is 10.6. The second-order valence-corrected chi connectivity index (χ2v) is 4.26. The van der Waals surface area contributed by atoms with Gasteiger partial charge in [0.25, 0.3) is 0 Å². The molecule has 1 aromatic rings. The fourth-order valence-electron chi connectivity index (χ4n) is 1.89. The van der Waals surface area contributed by atoms with Crippen molar-refractivity contribution in [1.29, 1.82) is 0 Å². The van der Waals surface area contributed by atoms with Gasteiger partial charge in [0, 0.05) is 6.61 Å². The van der Waals surface area contributed by atoms with Crippen molar-refractivity contribution >= 4 is 0 Å². The van der Waals surface area contributed by atoms with E-state index in [1.54, 1.807) is 0 Å². The quantitative estimate of drug-likeness (QED) is 0.520. The van der Waals surface area contributed by atoms with E-state index in [0.717, 1.165) is 39.1 Å². The molecule has 1 fully saturated rings. The van der Waals surface area contributed by atoms with E-state index in [1.165, 1.54) is 11.1 Å². The Morgan fingerprint density at radius 3 is 2.75 bits per heavy atom. The maximum absolute atomic E-state index is 5.53. The molecule has 0 amide bonds. The summed E-state index contributed by atoms with van der Waals surface area (Å²) in [5.74, 6) is 0. The molecule has 2 heteroatoms. The molecule has 0 radical (unpaired) electrons. The van der Waals surface area contributed by atoms with Gasteiger partial charge in [-0.1, -0.05) is 31.2 Å². The average molecular weight is 220 g/mol. The molecule has 1 aliphatic rings. The lowest BCUT2D eigenvalue weighted by molar-refractivity contribution is 0.114. The molecule has 16 heavy (non-hydrogen) atoms. The van der Waals surface area contributed by atoms with Gasteiger partial charge in [0.15, 0.2) is 0 Å². The molecule has 1 atom stereocenters. The molecule has 0 N–H and O–H groups in total. The largest absolute Gasteiger partial charge is 0.379 e. The summed E-state index contributed by atoms with van der Waals surface area (Å²) >= 11 is 0. The number of aryl methyl sites for hydroxylation is 2. The van der Waals surface area contributed by atoms with Crippen molar-refractivity contribution in [2.45, 2.75) is 32.3 Å². The summed E-state index contributed by atoms with van der Waals surface area (Å²) in [6, 6.07) is 8.67. The third-order valence-electron chi connectivity index (χ3n) is 2.94. The molecule has 88 valence electrons. The fourth-order valence-corrected chi connectivity index (χ4v) is 1.89. The lowest BCUT2D eigenvalue weighted by Gasteiger charge is -2.07. The summed E-state index contributed by atoms with van der Waals surface area (Å²) in [5.41, 5.74) is 2.93. The maximum atomic E-state index is 5.53. The minimum atomic E-state index is 0.392. The van der Waals surface area contributed by atoms with Crippen LogP contribution in [0.15, 0.2) is 24.3 Å². The summed E-state index contributed by atoms with van der Waals surface area (Å²) in [6.07, 6.45) is 3.73. The second kappa shape index (κ2) is 6.02. The van der Waals surface area contributed by atoms with E-state index in [2.05, 4.69) is 31.2 Å². The topological polar surface area (TPSA) is 21.8 Å². The lowest BCUT2D eigenvalue weighted by Crippen LogP contribution is -2.04. The zero-order valence-corrected chi connectivity index (χ0v) is 9.95. The minimum absolute atomic E-state index is 0.392. The van der Waals surface area contributed by atoms with Crippen LogP contribution in [0.4, 0.5) is 0 Å². The molecule has 1 heterocycles.